The first-order valence-electron chi connectivity index (χ1n) is 11.1. The molecule has 168 valence electrons. The van der Waals surface area contributed by atoms with Gasteiger partial charge in [-0.1, -0.05) is 68.1 Å². The second kappa shape index (κ2) is 10.9. The molecule has 0 saturated heterocycles. The molecule has 0 aliphatic carbocycles. The van der Waals surface area contributed by atoms with Crippen molar-refractivity contribution in [3.63, 3.8) is 0 Å². The second-order valence-electron chi connectivity index (χ2n) is 7.80. The van der Waals surface area contributed by atoms with Gasteiger partial charge in [0.15, 0.2) is 5.76 Å². The van der Waals surface area contributed by atoms with E-state index in [9.17, 15) is 4.79 Å². The fourth-order valence-electron chi connectivity index (χ4n) is 3.32. The van der Waals surface area contributed by atoms with E-state index in [-0.39, 0.29) is 18.3 Å². The summed E-state index contributed by atoms with van der Waals surface area (Å²) in [5, 5.41) is 2.96. The Balaban J connectivity index is 1.37. The molecule has 4 nitrogen and oxygen atoms in total. The first kappa shape index (κ1) is 22.7. The lowest BCUT2D eigenvalue weighted by atomic mass is 9.99. The van der Waals surface area contributed by atoms with Crippen molar-refractivity contribution in [3.05, 3.63) is 108 Å². The quantitative estimate of drug-likeness (QED) is 0.279. The van der Waals surface area contributed by atoms with Gasteiger partial charge in [0, 0.05) is 9.79 Å². The number of carbonyl (C=O) groups is 1. The minimum atomic E-state index is -0.291. The van der Waals surface area contributed by atoms with Crippen molar-refractivity contribution in [2.45, 2.75) is 42.6 Å². The molecule has 1 unspecified atom stereocenters. The highest BCUT2D eigenvalue weighted by Gasteiger charge is 2.14. The van der Waals surface area contributed by atoms with Crippen LogP contribution in [-0.4, -0.2) is 5.91 Å². The Kier molecular flexibility index (Phi) is 7.53. The molecule has 3 aromatic carbocycles. The summed E-state index contributed by atoms with van der Waals surface area (Å²) in [6.07, 6.45) is 1.10. The molecule has 4 aromatic rings. The van der Waals surface area contributed by atoms with Crippen LogP contribution in [0.1, 0.15) is 48.1 Å². The molecule has 1 amide bonds. The van der Waals surface area contributed by atoms with Gasteiger partial charge in [-0.25, -0.2) is 0 Å². The van der Waals surface area contributed by atoms with Crippen molar-refractivity contribution in [3.8, 4) is 5.75 Å². The molecular weight excluding hydrogens is 430 g/mol. The van der Waals surface area contributed by atoms with E-state index in [1.165, 1.54) is 5.56 Å². The van der Waals surface area contributed by atoms with Gasteiger partial charge in [-0.15, -0.1) is 0 Å². The Hall–Kier alpha value is -3.44. The van der Waals surface area contributed by atoms with E-state index >= 15 is 0 Å². The minimum Gasteiger partial charge on any atom is -0.486 e. The predicted molar refractivity (Wildman–Crippen MR) is 133 cm³/mol. The summed E-state index contributed by atoms with van der Waals surface area (Å²) in [5.74, 6) is 1.86. The zero-order valence-electron chi connectivity index (χ0n) is 18.8. The molecule has 1 heterocycles. The highest BCUT2D eigenvalue weighted by atomic mass is 32.2. The van der Waals surface area contributed by atoms with Crippen molar-refractivity contribution >= 4 is 23.4 Å². The van der Waals surface area contributed by atoms with Crippen molar-refractivity contribution < 1.29 is 13.9 Å². The lowest BCUT2D eigenvalue weighted by Gasteiger charge is -2.10. The number of rotatable bonds is 9. The third kappa shape index (κ3) is 6.08. The normalized spacial score (nSPS) is 11.7. The topological polar surface area (TPSA) is 51.5 Å². The van der Waals surface area contributed by atoms with Crippen molar-refractivity contribution in [1.82, 2.24) is 0 Å². The van der Waals surface area contributed by atoms with Gasteiger partial charge >= 0.3 is 0 Å². The molecule has 1 atom stereocenters. The predicted octanol–water partition coefficient (Wildman–Crippen LogP) is 7.78. The molecule has 0 fully saturated rings. The lowest BCUT2D eigenvalue weighted by molar-refractivity contribution is 0.0992. The van der Waals surface area contributed by atoms with Crippen LogP contribution in [0.25, 0.3) is 0 Å². The molecule has 0 spiro atoms. The number of hydrogen-bond donors (Lipinski definition) is 1. The number of nitrogens with one attached hydrogen (secondary N) is 1. The molecule has 5 heteroatoms. The molecule has 4 rings (SSSR count). The third-order valence-electron chi connectivity index (χ3n) is 5.43. The molecule has 0 aliphatic rings. The maximum atomic E-state index is 12.8. The van der Waals surface area contributed by atoms with Gasteiger partial charge in [-0.05, 0) is 66.4 Å². The van der Waals surface area contributed by atoms with E-state index in [4.69, 9.17) is 9.15 Å². The van der Waals surface area contributed by atoms with Crippen LogP contribution in [0, 0.1) is 0 Å². The highest BCUT2D eigenvalue weighted by Crippen LogP contribution is 2.33. The lowest BCUT2D eigenvalue weighted by Crippen LogP contribution is -2.11. The first-order chi connectivity index (χ1) is 16.1. The summed E-state index contributed by atoms with van der Waals surface area (Å²) in [4.78, 5) is 14.9. The summed E-state index contributed by atoms with van der Waals surface area (Å²) < 4.78 is 11.6. The summed E-state index contributed by atoms with van der Waals surface area (Å²) in [6.45, 7) is 4.65. The van der Waals surface area contributed by atoms with Gasteiger partial charge in [0.25, 0.3) is 5.91 Å². The van der Waals surface area contributed by atoms with Gasteiger partial charge in [0.1, 0.15) is 18.1 Å². The van der Waals surface area contributed by atoms with Crippen LogP contribution in [0.15, 0.2) is 105 Å². The summed E-state index contributed by atoms with van der Waals surface area (Å²) >= 11 is 1.60. The summed E-state index contributed by atoms with van der Waals surface area (Å²) in [5.41, 5.74) is 2.04. The average molecular weight is 458 g/mol. The molecular formula is C28H27NO3S. The summed E-state index contributed by atoms with van der Waals surface area (Å²) in [6, 6.07) is 29.4. The van der Waals surface area contributed by atoms with Gasteiger partial charge < -0.3 is 14.5 Å². The van der Waals surface area contributed by atoms with Gasteiger partial charge in [-0.3, -0.25) is 4.79 Å². The van der Waals surface area contributed by atoms with Crippen molar-refractivity contribution in [2.24, 2.45) is 0 Å². The average Bonchev–Trinajstić information content (AvgIpc) is 3.34. The number of para-hydroxylation sites is 1. The van der Waals surface area contributed by atoms with Crippen LogP contribution in [0.5, 0.6) is 5.75 Å². The van der Waals surface area contributed by atoms with E-state index in [0.717, 1.165) is 27.6 Å². The molecule has 1 aromatic heterocycles. The van der Waals surface area contributed by atoms with Crippen LogP contribution in [0.3, 0.4) is 0 Å². The smallest absolute Gasteiger partial charge is 0.291 e. The third-order valence-corrected chi connectivity index (χ3v) is 6.52. The van der Waals surface area contributed by atoms with Crippen LogP contribution < -0.4 is 10.1 Å². The fraction of sp³-hybridized carbons (Fsp3) is 0.179. The van der Waals surface area contributed by atoms with Crippen LogP contribution in [0.2, 0.25) is 0 Å². The Morgan fingerprint density at radius 3 is 2.42 bits per heavy atom. The summed E-state index contributed by atoms with van der Waals surface area (Å²) in [7, 11) is 0. The van der Waals surface area contributed by atoms with Crippen LogP contribution in [-0.2, 0) is 6.61 Å². The number of amides is 1. The minimum absolute atomic E-state index is 0.250. The number of anilines is 1. The van der Waals surface area contributed by atoms with E-state index in [2.05, 4.69) is 31.3 Å². The maximum Gasteiger partial charge on any atom is 0.291 e. The number of hydrogen-bond acceptors (Lipinski definition) is 4. The Morgan fingerprint density at radius 1 is 0.939 bits per heavy atom. The van der Waals surface area contributed by atoms with Crippen LogP contribution in [0.4, 0.5) is 5.69 Å². The number of furan rings is 1. The largest absolute Gasteiger partial charge is 0.486 e. The standard InChI is InChI=1S/C28H27NO3S/c1-3-20(2)21-13-15-22(16-14-21)31-19-23-17-18-26(32-23)28(30)29-25-11-7-8-12-27(25)33-24-9-5-4-6-10-24/h4-18,20H,3,19H2,1-2H3,(H,29,30). The van der Waals surface area contributed by atoms with E-state index in [1.807, 2.05) is 66.7 Å². The molecule has 1 N–H and O–H groups in total. The van der Waals surface area contributed by atoms with E-state index in [0.29, 0.717) is 11.7 Å². The Bertz CT molecular complexity index is 1190. The maximum absolute atomic E-state index is 12.8. The van der Waals surface area contributed by atoms with E-state index in [1.54, 1.807) is 23.9 Å². The molecule has 33 heavy (non-hydrogen) atoms. The zero-order chi connectivity index (χ0) is 23.0. The zero-order valence-corrected chi connectivity index (χ0v) is 19.6. The molecule has 0 radical (unpaired) electrons. The monoisotopic (exact) mass is 457 g/mol. The Labute approximate surface area is 199 Å². The van der Waals surface area contributed by atoms with Crippen LogP contribution >= 0.6 is 11.8 Å². The Morgan fingerprint density at radius 2 is 1.67 bits per heavy atom. The number of carbonyl (C=O) groups excluding carboxylic acids is 1. The second-order valence-corrected chi connectivity index (χ2v) is 8.91. The van der Waals surface area contributed by atoms with Crippen molar-refractivity contribution in [2.75, 3.05) is 5.32 Å². The fourth-order valence-corrected chi connectivity index (χ4v) is 4.24. The van der Waals surface area contributed by atoms with Gasteiger partial charge in [-0.2, -0.15) is 0 Å². The SMILES string of the molecule is CCC(C)c1ccc(OCc2ccc(C(=O)Nc3ccccc3Sc3ccccc3)o2)cc1. The van der Waals surface area contributed by atoms with E-state index < -0.39 is 0 Å². The molecule has 0 aliphatic heterocycles. The number of benzene rings is 3. The van der Waals surface area contributed by atoms with Crippen molar-refractivity contribution in [1.29, 1.82) is 0 Å². The highest BCUT2D eigenvalue weighted by molar-refractivity contribution is 7.99. The number of ether oxygens (including phenoxy) is 1. The molecule has 0 bridgehead atoms. The molecule has 0 saturated carbocycles. The van der Waals surface area contributed by atoms with Gasteiger partial charge in [0.2, 0.25) is 0 Å². The van der Waals surface area contributed by atoms with Gasteiger partial charge in [0.05, 0.1) is 5.69 Å². The first-order valence-corrected chi connectivity index (χ1v) is 11.9.